The molecule has 0 bridgehead atoms. The van der Waals surface area contributed by atoms with Gasteiger partial charge in [0.2, 0.25) is 11.8 Å². The zero-order valence-corrected chi connectivity index (χ0v) is 16.7. The van der Waals surface area contributed by atoms with Crippen LogP contribution in [0.15, 0.2) is 53.4 Å². The summed E-state index contributed by atoms with van der Waals surface area (Å²) in [5, 5.41) is 2.98. The van der Waals surface area contributed by atoms with Gasteiger partial charge < -0.3 is 10.2 Å². The molecule has 1 atom stereocenters. The van der Waals surface area contributed by atoms with Crippen LogP contribution in [-0.4, -0.2) is 35.6 Å². The summed E-state index contributed by atoms with van der Waals surface area (Å²) in [7, 11) is 0. The van der Waals surface area contributed by atoms with E-state index < -0.39 is 0 Å². The molecule has 1 saturated heterocycles. The Morgan fingerprint density at radius 3 is 2.37 bits per heavy atom. The van der Waals surface area contributed by atoms with E-state index in [0.29, 0.717) is 26.1 Å². The Bertz CT molecular complexity index is 787. The highest BCUT2D eigenvalue weighted by molar-refractivity contribution is 7.99. The molecule has 1 fully saturated rings. The third-order valence-corrected chi connectivity index (χ3v) is 5.78. The molecule has 0 saturated carbocycles. The van der Waals surface area contributed by atoms with Crippen LogP contribution in [0.2, 0.25) is 0 Å². The van der Waals surface area contributed by atoms with E-state index in [2.05, 4.69) is 36.5 Å². The van der Waals surface area contributed by atoms with Crippen molar-refractivity contribution in [2.24, 2.45) is 5.92 Å². The third-order valence-electron chi connectivity index (χ3n) is 4.77. The number of aryl methyl sites for hydroxylation is 2. The molecule has 0 spiro atoms. The molecule has 1 N–H and O–H groups in total. The molecule has 27 heavy (non-hydrogen) atoms. The second kappa shape index (κ2) is 9.09. The Balaban J connectivity index is 1.41. The van der Waals surface area contributed by atoms with Gasteiger partial charge in [-0.3, -0.25) is 9.59 Å². The largest absolute Gasteiger partial charge is 0.355 e. The number of likely N-dealkylation sites (tertiary alicyclic amines) is 1. The van der Waals surface area contributed by atoms with Crippen LogP contribution in [0.1, 0.15) is 23.1 Å². The lowest BCUT2D eigenvalue weighted by atomic mass is 10.1. The first-order valence-electron chi connectivity index (χ1n) is 9.32. The van der Waals surface area contributed by atoms with Crippen molar-refractivity contribution in [2.75, 3.05) is 18.8 Å². The fraction of sp³-hybridized carbons (Fsp3) is 0.364. The molecular formula is C22H26N2O2S. The number of thioether (sulfide) groups is 1. The van der Waals surface area contributed by atoms with Gasteiger partial charge in [-0.1, -0.05) is 47.5 Å². The number of rotatable bonds is 7. The number of nitrogens with zero attached hydrogens (tertiary/aromatic N) is 1. The predicted octanol–water partition coefficient (Wildman–Crippen LogP) is 3.56. The van der Waals surface area contributed by atoms with Crippen molar-refractivity contribution in [2.45, 2.75) is 31.7 Å². The fourth-order valence-corrected chi connectivity index (χ4v) is 3.90. The number of hydrogen-bond acceptors (Lipinski definition) is 3. The topological polar surface area (TPSA) is 49.4 Å². The van der Waals surface area contributed by atoms with Crippen molar-refractivity contribution in [3.63, 3.8) is 0 Å². The Hall–Kier alpha value is -2.27. The van der Waals surface area contributed by atoms with Crippen LogP contribution in [0, 0.1) is 19.8 Å². The van der Waals surface area contributed by atoms with E-state index in [1.807, 2.05) is 31.2 Å². The molecule has 1 unspecified atom stereocenters. The van der Waals surface area contributed by atoms with Crippen molar-refractivity contribution in [3.05, 3.63) is 65.2 Å². The Morgan fingerprint density at radius 2 is 1.70 bits per heavy atom. The average Bonchev–Trinajstić information content (AvgIpc) is 3.02. The normalized spacial score (nSPS) is 16.6. The van der Waals surface area contributed by atoms with E-state index >= 15 is 0 Å². The third kappa shape index (κ3) is 5.60. The Morgan fingerprint density at radius 1 is 1.07 bits per heavy atom. The van der Waals surface area contributed by atoms with Crippen molar-refractivity contribution < 1.29 is 9.59 Å². The first kappa shape index (κ1) is 19.5. The molecule has 5 heteroatoms. The molecular weight excluding hydrogens is 356 g/mol. The fourth-order valence-electron chi connectivity index (χ4n) is 3.14. The van der Waals surface area contributed by atoms with Crippen molar-refractivity contribution in [1.82, 2.24) is 10.2 Å². The maximum atomic E-state index is 12.4. The monoisotopic (exact) mass is 382 g/mol. The molecule has 2 aromatic rings. The average molecular weight is 383 g/mol. The van der Waals surface area contributed by atoms with E-state index in [0.717, 1.165) is 11.3 Å². The van der Waals surface area contributed by atoms with Crippen LogP contribution in [0.25, 0.3) is 0 Å². The molecule has 1 heterocycles. The van der Waals surface area contributed by atoms with Crippen molar-refractivity contribution in [1.29, 1.82) is 0 Å². The van der Waals surface area contributed by atoms with Gasteiger partial charge in [0, 0.05) is 36.7 Å². The zero-order chi connectivity index (χ0) is 19.2. The SMILES string of the molecule is Cc1ccc(CN2CC(C(=O)NCCSc3ccc(C)cc3)CC2=O)cc1. The molecule has 1 aliphatic heterocycles. The number of benzene rings is 2. The second-order valence-corrected chi connectivity index (χ2v) is 8.28. The van der Waals surface area contributed by atoms with Crippen LogP contribution in [0.4, 0.5) is 0 Å². The number of nitrogens with one attached hydrogen (secondary N) is 1. The van der Waals surface area contributed by atoms with Gasteiger partial charge in [0.05, 0.1) is 5.92 Å². The van der Waals surface area contributed by atoms with Gasteiger partial charge in [0.15, 0.2) is 0 Å². The minimum atomic E-state index is -0.243. The minimum absolute atomic E-state index is 0.0146. The van der Waals surface area contributed by atoms with E-state index in [-0.39, 0.29) is 17.7 Å². The Kier molecular flexibility index (Phi) is 6.56. The molecule has 2 amide bonds. The van der Waals surface area contributed by atoms with Crippen LogP contribution >= 0.6 is 11.8 Å². The summed E-state index contributed by atoms with van der Waals surface area (Å²) < 4.78 is 0. The van der Waals surface area contributed by atoms with Gasteiger partial charge in [-0.05, 0) is 31.5 Å². The van der Waals surface area contributed by atoms with Crippen LogP contribution < -0.4 is 5.32 Å². The highest BCUT2D eigenvalue weighted by atomic mass is 32.2. The first-order chi connectivity index (χ1) is 13.0. The van der Waals surface area contributed by atoms with Crippen LogP contribution in [0.5, 0.6) is 0 Å². The van der Waals surface area contributed by atoms with Crippen molar-refractivity contribution >= 4 is 23.6 Å². The summed E-state index contributed by atoms with van der Waals surface area (Å²) in [6.07, 6.45) is 0.308. The summed E-state index contributed by atoms with van der Waals surface area (Å²) in [5.74, 6) is 0.624. The minimum Gasteiger partial charge on any atom is -0.355 e. The van der Waals surface area contributed by atoms with E-state index in [1.165, 1.54) is 16.0 Å². The summed E-state index contributed by atoms with van der Waals surface area (Å²) in [5.41, 5.74) is 3.55. The number of amides is 2. The van der Waals surface area contributed by atoms with Gasteiger partial charge in [0.1, 0.15) is 0 Å². The number of hydrogen-bond donors (Lipinski definition) is 1. The molecule has 1 aliphatic rings. The van der Waals surface area contributed by atoms with Gasteiger partial charge in [-0.25, -0.2) is 0 Å². The maximum Gasteiger partial charge on any atom is 0.225 e. The highest BCUT2D eigenvalue weighted by Crippen LogP contribution is 2.21. The molecule has 0 aromatic heterocycles. The summed E-state index contributed by atoms with van der Waals surface area (Å²) in [4.78, 5) is 27.6. The lowest BCUT2D eigenvalue weighted by Gasteiger charge is -2.17. The highest BCUT2D eigenvalue weighted by Gasteiger charge is 2.33. The van der Waals surface area contributed by atoms with Gasteiger partial charge in [-0.2, -0.15) is 0 Å². The summed E-state index contributed by atoms with van der Waals surface area (Å²) in [6.45, 7) is 5.80. The lowest BCUT2D eigenvalue weighted by molar-refractivity contribution is -0.129. The van der Waals surface area contributed by atoms with Gasteiger partial charge in [-0.15, -0.1) is 11.8 Å². The predicted molar refractivity (Wildman–Crippen MR) is 110 cm³/mol. The van der Waals surface area contributed by atoms with E-state index in [1.54, 1.807) is 16.7 Å². The van der Waals surface area contributed by atoms with Crippen LogP contribution in [-0.2, 0) is 16.1 Å². The first-order valence-corrected chi connectivity index (χ1v) is 10.3. The molecule has 142 valence electrons. The zero-order valence-electron chi connectivity index (χ0n) is 15.9. The van der Waals surface area contributed by atoms with Crippen LogP contribution in [0.3, 0.4) is 0 Å². The molecule has 3 rings (SSSR count). The van der Waals surface area contributed by atoms with Gasteiger partial charge in [0.25, 0.3) is 0 Å². The standard InChI is InChI=1S/C22H26N2O2S/c1-16-3-7-18(8-4-16)14-24-15-19(13-21(24)25)22(26)23-11-12-27-20-9-5-17(2)6-10-20/h3-10,19H,11-15H2,1-2H3,(H,23,26). The quantitative estimate of drug-likeness (QED) is 0.588. The van der Waals surface area contributed by atoms with E-state index in [4.69, 9.17) is 0 Å². The van der Waals surface area contributed by atoms with E-state index in [9.17, 15) is 9.59 Å². The summed E-state index contributed by atoms with van der Waals surface area (Å²) in [6, 6.07) is 16.6. The summed E-state index contributed by atoms with van der Waals surface area (Å²) >= 11 is 1.73. The Labute approximate surface area is 165 Å². The molecule has 4 nitrogen and oxygen atoms in total. The van der Waals surface area contributed by atoms with Crippen molar-refractivity contribution in [3.8, 4) is 0 Å². The second-order valence-electron chi connectivity index (χ2n) is 7.11. The number of carbonyl (C=O) groups excluding carboxylic acids is 2. The smallest absolute Gasteiger partial charge is 0.225 e. The maximum absolute atomic E-state index is 12.4. The van der Waals surface area contributed by atoms with Gasteiger partial charge >= 0.3 is 0 Å². The molecule has 0 aliphatic carbocycles. The molecule has 2 aromatic carbocycles. The molecule has 0 radical (unpaired) electrons. The lowest BCUT2D eigenvalue weighted by Crippen LogP contribution is -2.34. The number of carbonyl (C=O) groups is 2.